The summed E-state index contributed by atoms with van der Waals surface area (Å²) >= 11 is 0. The fourth-order valence-electron chi connectivity index (χ4n) is 3.53. The summed E-state index contributed by atoms with van der Waals surface area (Å²) in [4.78, 5) is 66.7. The van der Waals surface area contributed by atoms with Crippen molar-refractivity contribution < 1.29 is 43.3 Å². The fourth-order valence-corrected chi connectivity index (χ4v) is 3.53. The Hall–Kier alpha value is -4.49. The van der Waals surface area contributed by atoms with E-state index in [2.05, 4.69) is 25.4 Å². The Kier molecular flexibility index (Phi) is 21.3. The Labute approximate surface area is 283 Å². The number of halogens is 1. The number of carboxylic acids is 1. The molecule has 0 spiro atoms. The van der Waals surface area contributed by atoms with Gasteiger partial charge in [0, 0.05) is 11.4 Å². The Bertz CT molecular complexity index is 1350. The highest BCUT2D eigenvalue weighted by atomic mass is 35.5. The molecule has 264 valence electrons. The van der Waals surface area contributed by atoms with Crippen LogP contribution in [0.1, 0.15) is 73.9 Å². The standard InChI is InChI=1S/C16H22N2O4.C12H15NO3.C4H9NO2.CH4.ClH/c1-10(15(21)22-5)17-13(19)14(20)18-12-9-7-6-8-11(12)16(2,3)4;1-12(2,3)8-6-4-5-7-9(8)13-10(14)11(15)16;1-3(5)4(6)7-2;;/h6-10H,1-5H3,(H,17,19)(H,18,20);4-7H,1-3H3,(H,13,14)(H,15,16);3H,5H2,1-2H3;1H4;1H/t10-;;3-;;/m0.0../s1. The molecule has 2 aromatic rings. The minimum absolute atomic E-state index is 0. The van der Waals surface area contributed by atoms with E-state index in [-0.39, 0.29) is 36.6 Å². The van der Waals surface area contributed by atoms with Crippen molar-refractivity contribution in [3.05, 3.63) is 59.7 Å². The van der Waals surface area contributed by atoms with Gasteiger partial charge >= 0.3 is 35.6 Å². The zero-order chi connectivity index (χ0) is 35.1. The van der Waals surface area contributed by atoms with Crippen molar-refractivity contribution in [2.75, 3.05) is 24.9 Å². The van der Waals surface area contributed by atoms with Crippen molar-refractivity contribution in [2.24, 2.45) is 5.73 Å². The quantitative estimate of drug-likeness (QED) is 0.225. The average Bonchev–Trinajstić information content (AvgIpc) is 2.96. The number of para-hydroxylation sites is 2. The van der Waals surface area contributed by atoms with Gasteiger partial charge in [0.25, 0.3) is 0 Å². The Balaban J connectivity index is -0.000000680. The third-order valence-corrected chi connectivity index (χ3v) is 5.84. The van der Waals surface area contributed by atoms with Gasteiger partial charge in [0.05, 0.1) is 14.2 Å². The lowest BCUT2D eigenvalue weighted by atomic mass is 9.86. The first-order valence-electron chi connectivity index (χ1n) is 13.9. The van der Waals surface area contributed by atoms with Gasteiger partial charge in [-0.15, -0.1) is 12.4 Å². The zero-order valence-electron chi connectivity index (χ0n) is 28.0. The predicted octanol–water partition coefficient (Wildman–Crippen LogP) is 4.17. The molecule has 0 bridgehead atoms. The summed E-state index contributed by atoms with van der Waals surface area (Å²) in [7, 11) is 2.52. The molecular weight excluding hydrogens is 632 g/mol. The van der Waals surface area contributed by atoms with Gasteiger partial charge < -0.3 is 36.3 Å². The van der Waals surface area contributed by atoms with E-state index >= 15 is 0 Å². The highest BCUT2D eigenvalue weighted by Crippen LogP contribution is 2.30. The molecule has 2 atom stereocenters. The van der Waals surface area contributed by atoms with Crippen LogP contribution < -0.4 is 21.7 Å². The highest BCUT2D eigenvalue weighted by Gasteiger charge is 2.24. The molecule has 6 N–H and O–H groups in total. The third-order valence-electron chi connectivity index (χ3n) is 5.84. The number of methoxy groups -OCH3 is 2. The number of benzene rings is 2. The second kappa shape index (κ2) is 21.3. The van der Waals surface area contributed by atoms with Crippen LogP contribution in [0, 0.1) is 0 Å². The van der Waals surface area contributed by atoms with Crippen LogP contribution in [-0.4, -0.2) is 67.0 Å². The number of hydrogen-bond donors (Lipinski definition) is 5. The number of anilines is 2. The van der Waals surface area contributed by atoms with Gasteiger partial charge in [-0.1, -0.05) is 85.4 Å². The molecule has 2 aromatic carbocycles. The largest absolute Gasteiger partial charge is 0.474 e. The maximum atomic E-state index is 12.0. The molecular formula is C33H51ClN4O9. The average molecular weight is 683 g/mol. The SMILES string of the molecule is C.CC(C)(C)c1ccccc1NC(=O)C(=O)O.COC(=O)[C@H](C)N.COC(=O)[C@H](C)NC(=O)C(=O)Nc1ccccc1C(C)(C)C.Cl. The van der Waals surface area contributed by atoms with Crippen LogP contribution in [0.4, 0.5) is 11.4 Å². The Morgan fingerprint density at radius 2 is 1.04 bits per heavy atom. The molecule has 0 aromatic heterocycles. The molecule has 3 amide bonds. The molecule has 0 aliphatic rings. The van der Waals surface area contributed by atoms with Gasteiger partial charge in [-0.25, -0.2) is 9.59 Å². The van der Waals surface area contributed by atoms with E-state index in [9.17, 15) is 28.8 Å². The molecule has 0 radical (unpaired) electrons. The summed E-state index contributed by atoms with van der Waals surface area (Å²) in [5.74, 6) is -5.20. The molecule has 0 aliphatic heterocycles. The van der Waals surface area contributed by atoms with Crippen molar-refractivity contribution in [2.45, 2.75) is 85.7 Å². The lowest BCUT2D eigenvalue weighted by Crippen LogP contribution is -2.44. The van der Waals surface area contributed by atoms with Crippen molar-refractivity contribution in [3.63, 3.8) is 0 Å². The van der Waals surface area contributed by atoms with Crippen LogP contribution >= 0.6 is 12.4 Å². The number of carboxylic acid groups (broad SMARTS) is 1. The lowest BCUT2D eigenvalue weighted by molar-refractivity contribution is -0.147. The Morgan fingerprint density at radius 1 is 0.681 bits per heavy atom. The van der Waals surface area contributed by atoms with Gasteiger partial charge in [-0.2, -0.15) is 0 Å². The first kappa shape index (κ1) is 46.9. The molecule has 0 saturated carbocycles. The third kappa shape index (κ3) is 17.1. The summed E-state index contributed by atoms with van der Waals surface area (Å²) in [6.45, 7) is 15.0. The number of aliphatic carboxylic acids is 1. The molecule has 0 aliphatic carbocycles. The van der Waals surface area contributed by atoms with E-state index in [1.165, 1.54) is 21.1 Å². The maximum absolute atomic E-state index is 12.0. The summed E-state index contributed by atoms with van der Waals surface area (Å²) < 4.78 is 8.74. The number of nitrogens with one attached hydrogen (secondary N) is 3. The minimum atomic E-state index is -1.48. The van der Waals surface area contributed by atoms with Crippen LogP contribution in [-0.2, 0) is 49.1 Å². The molecule has 0 unspecified atom stereocenters. The number of carbonyl (C=O) groups excluding carboxylic acids is 5. The second-order valence-corrected chi connectivity index (χ2v) is 11.8. The monoisotopic (exact) mass is 682 g/mol. The van der Waals surface area contributed by atoms with E-state index in [0.29, 0.717) is 11.4 Å². The van der Waals surface area contributed by atoms with Crippen molar-refractivity contribution in [3.8, 4) is 0 Å². The maximum Gasteiger partial charge on any atom is 0.394 e. The number of rotatable bonds is 5. The van der Waals surface area contributed by atoms with Crippen LogP contribution in [0.15, 0.2) is 48.5 Å². The van der Waals surface area contributed by atoms with Gasteiger partial charge in [0.1, 0.15) is 12.1 Å². The topological polar surface area (TPSA) is 203 Å². The summed E-state index contributed by atoms with van der Waals surface area (Å²) in [6.07, 6.45) is 0. The summed E-state index contributed by atoms with van der Waals surface area (Å²) in [6, 6.07) is 13.1. The minimum Gasteiger partial charge on any atom is -0.474 e. The molecule has 14 heteroatoms. The van der Waals surface area contributed by atoms with Crippen LogP contribution in [0.5, 0.6) is 0 Å². The second-order valence-electron chi connectivity index (χ2n) is 11.8. The number of esters is 2. The first-order chi connectivity index (χ1) is 20.7. The summed E-state index contributed by atoms with van der Waals surface area (Å²) in [5, 5.41) is 15.8. The number of hydrogen-bond acceptors (Lipinski definition) is 9. The van der Waals surface area contributed by atoms with Gasteiger partial charge in [0.2, 0.25) is 0 Å². The van der Waals surface area contributed by atoms with Crippen molar-refractivity contribution in [1.82, 2.24) is 5.32 Å². The van der Waals surface area contributed by atoms with Gasteiger partial charge in [-0.3, -0.25) is 19.2 Å². The summed E-state index contributed by atoms with van der Waals surface area (Å²) in [5.41, 5.74) is 7.68. The van der Waals surface area contributed by atoms with E-state index in [4.69, 9.17) is 10.8 Å². The molecule has 0 saturated heterocycles. The molecule has 2 rings (SSSR count). The number of carbonyl (C=O) groups is 6. The van der Waals surface area contributed by atoms with E-state index < -0.39 is 41.7 Å². The van der Waals surface area contributed by atoms with Gasteiger partial charge in [-0.05, 0) is 47.9 Å². The van der Waals surface area contributed by atoms with Crippen LogP contribution in [0.3, 0.4) is 0 Å². The fraction of sp³-hybridized carbons (Fsp3) is 0.455. The number of nitrogens with two attached hydrogens (primary N) is 1. The van der Waals surface area contributed by atoms with Crippen molar-refractivity contribution in [1.29, 1.82) is 0 Å². The molecule has 0 heterocycles. The molecule has 0 fully saturated rings. The molecule has 13 nitrogen and oxygen atoms in total. The lowest BCUT2D eigenvalue weighted by Gasteiger charge is -2.23. The zero-order valence-corrected chi connectivity index (χ0v) is 28.8. The normalized spacial score (nSPS) is 11.4. The highest BCUT2D eigenvalue weighted by molar-refractivity contribution is 6.40. The smallest absolute Gasteiger partial charge is 0.394 e. The van der Waals surface area contributed by atoms with Crippen molar-refractivity contribution >= 4 is 59.4 Å². The van der Waals surface area contributed by atoms with Gasteiger partial charge in [0.15, 0.2) is 0 Å². The van der Waals surface area contributed by atoms with Crippen LogP contribution in [0.2, 0.25) is 0 Å². The van der Waals surface area contributed by atoms with Crippen LogP contribution in [0.25, 0.3) is 0 Å². The van der Waals surface area contributed by atoms with E-state index in [1.807, 2.05) is 65.8 Å². The Morgan fingerprint density at radius 3 is 1.34 bits per heavy atom. The first-order valence-corrected chi connectivity index (χ1v) is 13.9. The predicted molar refractivity (Wildman–Crippen MR) is 184 cm³/mol. The number of amides is 3. The van der Waals surface area contributed by atoms with E-state index in [1.54, 1.807) is 31.2 Å². The number of ether oxygens (including phenoxy) is 2. The van der Waals surface area contributed by atoms with E-state index in [0.717, 1.165) is 11.1 Å². The molecule has 47 heavy (non-hydrogen) atoms.